The summed E-state index contributed by atoms with van der Waals surface area (Å²) in [6, 6.07) is 17.1. The van der Waals surface area contributed by atoms with Gasteiger partial charge >= 0.3 is 0 Å². The predicted octanol–water partition coefficient (Wildman–Crippen LogP) is 3.81. The van der Waals surface area contributed by atoms with Gasteiger partial charge < -0.3 is 10.1 Å². The van der Waals surface area contributed by atoms with Crippen LogP contribution < -0.4 is 10.1 Å². The van der Waals surface area contributed by atoms with E-state index in [0.717, 1.165) is 10.6 Å². The van der Waals surface area contributed by atoms with Crippen molar-refractivity contribution in [2.45, 2.75) is 17.9 Å². The first-order chi connectivity index (χ1) is 9.69. The number of benzene rings is 2. The van der Waals surface area contributed by atoms with Crippen molar-refractivity contribution in [2.24, 2.45) is 0 Å². The maximum Gasteiger partial charge on any atom is 0.265 e. The first-order valence-corrected chi connectivity index (χ1v) is 7.58. The van der Waals surface area contributed by atoms with Gasteiger partial charge in [0.1, 0.15) is 5.75 Å². The number of carbonyl (C=O) groups excluding carboxylic acids is 1. The van der Waals surface area contributed by atoms with Gasteiger partial charge in [0.05, 0.1) is 0 Å². The Kier molecular flexibility index (Phi) is 5.07. The third-order valence-electron chi connectivity index (χ3n) is 2.76. The molecule has 2 aromatic carbocycles. The molecule has 0 radical (unpaired) electrons. The van der Waals surface area contributed by atoms with E-state index in [4.69, 9.17) is 4.74 Å². The summed E-state index contributed by atoms with van der Waals surface area (Å²) in [5.74, 6) is 0.528. The molecule has 0 bridgehead atoms. The number of hydrogen-bond acceptors (Lipinski definition) is 3. The lowest BCUT2D eigenvalue weighted by molar-refractivity contribution is -0.122. The first-order valence-electron chi connectivity index (χ1n) is 6.35. The Morgan fingerprint density at radius 1 is 1.15 bits per heavy atom. The second-order valence-electron chi connectivity index (χ2n) is 4.29. The van der Waals surface area contributed by atoms with Crippen LogP contribution >= 0.6 is 11.8 Å². The Bertz CT molecular complexity index is 572. The van der Waals surface area contributed by atoms with Gasteiger partial charge in [-0.25, -0.2) is 0 Å². The van der Waals surface area contributed by atoms with Crippen molar-refractivity contribution in [3.8, 4) is 5.75 Å². The molecule has 1 amide bonds. The Morgan fingerprint density at radius 3 is 2.60 bits per heavy atom. The molecule has 0 saturated heterocycles. The van der Waals surface area contributed by atoms with E-state index in [1.54, 1.807) is 18.7 Å². The van der Waals surface area contributed by atoms with Crippen LogP contribution in [0.3, 0.4) is 0 Å². The van der Waals surface area contributed by atoms with Gasteiger partial charge in [-0.15, -0.1) is 11.8 Å². The zero-order valence-corrected chi connectivity index (χ0v) is 12.3. The summed E-state index contributed by atoms with van der Waals surface area (Å²) in [4.78, 5) is 13.2. The van der Waals surface area contributed by atoms with Gasteiger partial charge in [-0.2, -0.15) is 0 Å². The monoisotopic (exact) mass is 287 g/mol. The molecule has 104 valence electrons. The van der Waals surface area contributed by atoms with Crippen molar-refractivity contribution in [1.82, 2.24) is 0 Å². The van der Waals surface area contributed by atoms with Crippen LogP contribution in [0.2, 0.25) is 0 Å². The van der Waals surface area contributed by atoms with Crippen molar-refractivity contribution in [2.75, 3.05) is 11.6 Å². The molecule has 2 aromatic rings. The van der Waals surface area contributed by atoms with E-state index in [0.29, 0.717) is 5.75 Å². The smallest absolute Gasteiger partial charge is 0.265 e. The molecule has 0 spiro atoms. The molecule has 0 aromatic heterocycles. The Labute approximate surface area is 123 Å². The molecule has 0 heterocycles. The number of hydrogen-bond donors (Lipinski definition) is 1. The Hall–Kier alpha value is -1.94. The summed E-state index contributed by atoms with van der Waals surface area (Å²) in [7, 11) is 0. The molecule has 4 heteroatoms. The van der Waals surface area contributed by atoms with Gasteiger partial charge in [0, 0.05) is 10.6 Å². The number of ether oxygens (including phenoxy) is 1. The minimum Gasteiger partial charge on any atom is -0.481 e. The summed E-state index contributed by atoms with van der Waals surface area (Å²) >= 11 is 1.64. The van der Waals surface area contributed by atoms with E-state index in [1.165, 1.54) is 0 Å². The van der Waals surface area contributed by atoms with Crippen LogP contribution in [0.4, 0.5) is 5.69 Å². The topological polar surface area (TPSA) is 38.3 Å². The fourth-order valence-electron chi connectivity index (χ4n) is 1.70. The van der Waals surface area contributed by atoms with Gasteiger partial charge in [-0.05, 0) is 43.5 Å². The highest BCUT2D eigenvalue weighted by Gasteiger charge is 2.14. The highest BCUT2D eigenvalue weighted by molar-refractivity contribution is 7.98. The number of rotatable bonds is 5. The average molecular weight is 287 g/mol. The van der Waals surface area contributed by atoms with Gasteiger partial charge in [0.15, 0.2) is 6.10 Å². The lowest BCUT2D eigenvalue weighted by Gasteiger charge is -2.15. The third-order valence-corrected chi connectivity index (χ3v) is 3.49. The van der Waals surface area contributed by atoms with Crippen LogP contribution in [0.5, 0.6) is 5.75 Å². The number of carbonyl (C=O) groups is 1. The molecule has 1 N–H and O–H groups in total. The maximum atomic E-state index is 12.1. The van der Waals surface area contributed by atoms with Crippen molar-refractivity contribution in [1.29, 1.82) is 0 Å². The van der Waals surface area contributed by atoms with E-state index in [-0.39, 0.29) is 5.91 Å². The molecule has 0 fully saturated rings. The van der Waals surface area contributed by atoms with Crippen LogP contribution in [-0.4, -0.2) is 18.3 Å². The Morgan fingerprint density at radius 2 is 1.90 bits per heavy atom. The van der Waals surface area contributed by atoms with Crippen LogP contribution in [0.15, 0.2) is 59.5 Å². The van der Waals surface area contributed by atoms with E-state index >= 15 is 0 Å². The summed E-state index contributed by atoms with van der Waals surface area (Å²) in [6.07, 6.45) is 1.46. The lowest BCUT2D eigenvalue weighted by atomic mass is 10.3. The predicted molar refractivity (Wildman–Crippen MR) is 83.4 cm³/mol. The van der Waals surface area contributed by atoms with E-state index in [9.17, 15) is 4.79 Å². The number of anilines is 1. The largest absolute Gasteiger partial charge is 0.481 e. The second kappa shape index (κ2) is 7.01. The van der Waals surface area contributed by atoms with E-state index in [1.807, 2.05) is 60.9 Å². The minimum atomic E-state index is -0.546. The summed E-state index contributed by atoms with van der Waals surface area (Å²) in [5.41, 5.74) is 0.783. The van der Waals surface area contributed by atoms with E-state index < -0.39 is 6.10 Å². The van der Waals surface area contributed by atoms with Gasteiger partial charge in [-0.3, -0.25) is 4.79 Å². The van der Waals surface area contributed by atoms with Crippen LogP contribution in [-0.2, 0) is 4.79 Å². The number of thioether (sulfide) groups is 1. The highest BCUT2D eigenvalue weighted by Crippen LogP contribution is 2.19. The normalized spacial score (nSPS) is 11.7. The van der Waals surface area contributed by atoms with Crippen LogP contribution in [0.25, 0.3) is 0 Å². The Balaban J connectivity index is 1.97. The minimum absolute atomic E-state index is 0.160. The van der Waals surface area contributed by atoms with Crippen LogP contribution in [0, 0.1) is 0 Å². The number of amides is 1. The summed E-state index contributed by atoms with van der Waals surface area (Å²) < 4.78 is 5.59. The molecular weight excluding hydrogens is 270 g/mol. The zero-order chi connectivity index (χ0) is 14.4. The fourth-order valence-corrected chi connectivity index (χ4v) is 2.16. The molecule has 0 aliphatic heterocycles. The molecule has 0 saturated carbocycles. The molecule has 3 nitrogen and oxygen atoms in total. The first kappa shape index (κ1) is 14.5. The third kappa shape index (κ3) is 4.03. The van der Waals surface area contributed by atoms with Crippen molar-refractivity contribution in [3.05, 3.63) is 54.6 Å². The molecule has 1 atom stereocenters. The second-order valence-corrected chi connectivity index (χ2v) is 5.17. The van der Waals surface area contributed by atoms with Crippen molar-refractivity contribution < 1.29 is 9.53 Å². The SMILES string of the molecule is CSc1cccc(NC(=O)[C@@H](C)Oc2ccccc2)c1. The van der Waals surface area contributed by atoms with E-state index in [2.05, 4.69) is 5.32 Å². The maximum absolute atomic E-state index is 12.1. The lowest BCUT2D eigenvalue weighted by Crippen LogP contribution is -2.30. The average Bonchev–Trinajstić information content (AvgIpc) is 2.48. The standard InChI is InChI=1S/C16H17NO2S/c1-12(19-14-8-4-3-5-9-14)16(18)17-13-7-6-10-15(11-13)20-2/h3-12H,1-2H3,(H,17,18)/t12-/m1/s1. The molecule has 0 unspecified atom stereocenters. The molecule has 0 aliphatic carbocycles. The van der Waals surface area contributed by atoms with Crippen LogP contribution in [0.1, 0.15) is 6.92 Å². The molecule has 2 rings (SSSR count). The summed E-state index contributed by atoms with van der Waals surface area (Å²) in [5, 5.41) is 2.86. The molecule has 20 heavy (non-hydrogen) atoms. The van der Waals surface area contributed by atoms with Gasteiger partial charge in [0.25, 0.3) is 5.91 Å². The fraction of sp³-hybridized carbons (Fsp3) is 0.188. The molecule has 0 aliphatic rings. The van der Waals surface area contributed by atoms with Crippen molar-refractivity contribution >= 4 is 23.4 Å². The quantitative estimate of drug-likeness (QED) is 0.850. The zero-order valence-electron chi connectivity index (χ0n) is 11.5. The van der Waals surface area contributed by atoms with Gasteiger partial charge in [-0.1, -0.05) is 24.3 Å². The molecular formula is C16H17NO2S. The number of nitrogens with one attached hydrogen (secondary N) is 1. The van der Waals surface area contributed by atoms with Gasteiger partial charge in [0.2, 0.25) is 0 Å². The highest BCUT2D eigenvalue weighted by atomic mass is 32.2. The summed E-state index contributed by atoms with van der Waals surface area (Å²) in [6.45, 7) is 1.74. The number of para-hydroxylation sites is 1. The van der Waals surface area contributed by atoms with Crippen molar-refractivity contribution in [3.63, 3.8) is 0 Å².